The molecule has 280 valence electrons. The molecule has 0 spiro atoms. The molecule has 0 unspecified atom stereocenters. The lowest BCUT2D eigenvalue weighted by atomic mass is 9.74. The molecule has 0 atom stereocenters. The highest BCUT2D eigenvalue weighted by atomic mass is 15.2. The first-order chi connectivity index (χ1) is 28.2. The number of benzene rings is 9. The maximum atomic E-state index is 2.56. The normalized spacial score (nSPS) is 13.1. The van der Waals surface area contributed by atoms with Gasteiger partial charge in [-0.2, -0.15) is 0 Å². The van der Waals surface area contributed by atoms with Crippen molar-refractivity contribution in [3.8, 4) is 44.5 Å². The smallest absolute Gasteiger partial charge is 0.0543 e. The SMILES string of the molecule is CC(C)(C)c1cc2cc(c1)C(C)(C)c1ccc(c(N(c3ccccc3-c3ccccc3)c3ccccc3-c3cccc4ccccc34)c1)-c1cccc3cccc-2c13. The van der Waals surface area contributed by atoms with E-state index in [1.807, 2.05) is 0 Å². The maximum Gasteiger partial charge on any atom is 0.0543 e. The van der Waals surface area contributed by atoms with Gasteiger partial charge in [-0.15, -0.1) is 0 Å². The molecule has 9 aromatic rings. The van der Waals surface area contributed by atoms with E-state index >= 15 is 0 Å². The Labute approximate surface area is 342 Å². The largest absolute Gasteiger partial charge is 0.309 e. The highest BCUT2D eigenvalue weighted by Crippen LogP contribution is 2.52. The molecule has 1 nitrogen and oxygen atoms in total. The van der Waals surface area contributed by atoms with E-state index in [-0.39, 0.29) is 10.8 Å². The average molecular weight is 746 g/mol. The predicted octanol–water partition coefficient (Wildman–Crippen LogP) is 16.1. The Morgan fingerprint density at radius 1 is 0.379 bits per heavy atom. The highest BCUT2D eigenvalue weighted by molar-refractivity contribution is 6.10. The van der Waals surface area contributed by atoms with Crippen LogP contribution in [0.5, 0.6) is 0 Å². The van der Waals surface area contributed by atoms with Crippen molar-refractivity contribution in [2.45, 2.75) is 45.4 Å². The zero-order chi connectivity index (χ0) is 39.6. The van der Waals surface area contributed by atoms with Crippen molar-refractivity contribution >= 4 is 38.6 Å². The van der Waals surface area contributed by atoms with E-state index in [4.69, 9.17) is 0 Å². The first-order valence-corrected chi connectivity index (χ1v) is 20.5. The summed E-state index contributed by atoms with van der Waals surface area (Å²) in [6.07, 6.45) is 0. The molecule has 11 rings (SSSR count). The van der Waals surface area contributed by atoms with Crippen molar-refractivity contribution in [3.63, 3.8) is 0 Å². The quantitative estimate of drug-likeness (QED) is 0.170. The van der Waals surface area contributed by atoms with Gasteiger partial charge in [0, 0.05) is 22.1 Å². The first-order valence-electron chi connectivity index (χ1n) is 20.5. The molecule has 0 amide bonds. The summed E-state index contributed by atoms with van der Waals surface area (Å²) in [4.78, 5) is 2.56. The van der Waals surface area contributed by atoms with Gasteiger partial charge in [0.05, 0.1) is 17.1 Å². The Morgan fingerprint density at radius 3 is 1.71 bits per heavy atom. The zero-order valence-electron chi connectivity index (χ0n) is 33.9. The lowest BCUT2D eigenvalue weighted by molar-refractivity contribution is 0.582. The predicted molar refractivity (Wildman–Crippen MR) is 249 cm³/mol. The van der Waals surface area contributed by atoms with Gasteiger partial charge in [-0.3, -0.25) is 0 Å². The van der Waals surface area contributed by atoms with Gasteiger partial charge in [0.2, 0.25) is 0 Å². The molecule has 9 aromatic carbocycles. The minimum Gasteiger partial charge on any atom is -0.309 e. The van der Waals surface area contributed by atoms with Crippen molar-refractivity contribution in [2.24, 2.45) is 0 Å². The van der Waals surface area contributed by atoms with Gasteiger partial charge >= 0.3 is 0 Å². The summed E-state index contributed by atoms with van der Waals surface area (Å²) in [6, 6.07) is 72.5. The summed E-state index contributed by atoms with van der Waals surface area (Å²) in [5, 5.41) is 4.98. The van der Waals surface area contributed by atoms with Crippen LogP contribution < -0.4 is 4.90 Å². The van der Waals surface area contributed by atoms with Crippen LogP contribution in [0.3, 0.4) is 0 Å². The van der Waals surface area contributed by atoms with Crippen LogP contribution >= 0.6 is 0 Å². The summed E-state index contributed by atoms with van der Waals surface area (Å²) in [6.45, 7) is 11.8. The fraction of sp³-hybridized carbons (Fsp3) is 0.123. The fourth-order valence-corrected chi connectivity index (χ4v) is 9.16. The van der Waals surface area contributed by atoms with Gasteiger partial charge in [0.1, 0.15) is 0 Å². The summed E-state index contributed by atoms with van der Waals surface area (Å²) in [7, 11) is 0. The van der Waals surface area contributed by atoms with Crippen LogP contribution in [0.1, 0.15) is 51.3 Å². The Morgan fingerprint density at radius 2 is 0.948 bits per heavy atom. The van der Waals surface area contributed by atoms with Crippen molar-refractivity contribution in [2.75, 3.05) is 4.90 Å². The molecule has 0 aromatic heterocycles. The first kappa shape index (κ1) is 35.7. The molecule has 1 heteroatoms. The molecule has 0 N–H and O–H groups in total. The van der Waals surface area contributed by atoms with Gasteiger partial charge in [-0.1, -0.05) is 211 Å². The van der Waals surface area contributed by atoms with Crippen molar-refractivity contribution in [1.82, 2.24) is 0 Å². The van der Waals surface area contributed by atoms with E-state index < -0.39 is 0 Å². The molecule has 0 aliphatic heterocycles. The third-order valence-corrected chi connectivity index (χ3v) is 12.4. The van der Waals surface area contributed by atoms with Crippen molar-refractivity contribution < 1.29 is 0 Å². The van der Waals surface area contributed by atoms with Gasteiger partial charge < -0.3 is 4.90 Å². The third-order valence-electron chi connectivity index (χ3n) is 12.4. The van der Waals surface area contributed by atoms with Crippen LogP contribution in [0.15, 0.2) is 194 Å². The molecule has 2 aliphatic carbocycles. The van der Waals surface area contributed by atoms with Gasteiger partial charge in [0.25, 0.3) is 0 Å². The summed E-state index contributed by atoms with van der Waals surface area (Å²) in [5.41, 5.74) is 16.7. The third kappa shape index (κ3) is 5.93. The minimum absolute atomic E-state index is 0.0217. The molecule has 0 fully saturated rings. The molecule has 0 radical (unpaired) electrons. The van der Waals surface area contributed by atoms with Crippen LogP contribution in [0.25, 0.3) is 66.1 Å². The van der Waals surface area contributed by atoms with Crippen molar-refractivity contribution in [1.29, 1.82) is 0 Å². The number of hydrogen-bond acceptors (Lipinski definition) is 1. The maximum absolute atomic E-state index is 2.56. The number of anilines is 3. The zero-order valence-corrected chi connectivity index (χ0v) is 33.9. The Hall–Kier alpha value is -6.70. The Bertz CT molecular complexity index is 3000. The van der Waals surface area contributed by atoms with E-state index in [1.54, 1.807) is 0 Å². The molecular weight excluding hydrogens is 699 g/mol. The summed E-state index contributed by atoms with van der Waals surface area (Å²) in [5.74, 6) is 0. The van der Waals surface area contributed by atoms with Gasteiger partial charge in [-0.05, 0) is 89.7 Å². The molecule has 4 bridgehead atoms. The lowest BCUT2D eigenvalue weighted by Gasteiger charge is -2.34. The number of rotatable bonds is 5. The van der Waals surface area contributed by atoms with Gasteiger partial charge in [-0.25, -0.2) is 0 Å². The van der Waals surface area contributed by atoms with E-state index in [1.165, 1.54) is 82.7 Å². The van der Waals surface area contributed by atoms with Crippen LogP contribution in [0, 0.1) is 0 Å². The lowest BCUT2D eigenvalue weighted by Crippen LogP contribution is -2.22. The van der Waals surface area contributed by atoms with Crippen molar-refractivity contribution in [3.05, 3.63) is 211 Å². The second-order valence-corrected chi connectivity index (χ2v) is 17.4. The summed E-state index contributed by atoms with van der Waals surface area (Å²) >= 11 is 0. The average Bonchev–Trinajstić information content (AvgIpc) is 3.27. The number of nitrogens with zero attached hydrogens (tertiary/aromatic N) is 1. The summed E-state index contributed by atoms with van der Waals surface area (Å²) < 4.78 is 0. The molecule has 0 heterocycles. The van der Waals surface area contributed by atoms with Gasteiger partial charge in [0.15, 0.2) is 0 Å². The fourth-order valence-electron chi connectivity index (χ4n) is 9.16. The van der Waals surface area contributed by atoms with Crippen LogP contribution in [-0.2, 0) is 10.8 Å². The van der Waals surface area contributed by atoms with Crippen LogP contribution in [0.2, 0.25) is 0 Å². The molecule has 0 saturated carbocycles. The van der Waals surface area contributed by atoms with E-state index in [2.05, 4.69) is 234 Å². The van der Waals surface area contributed by atoms with E-state index in [9.17, 15) is 0 Å². The molecular formula is C57H47N. The van der Waals surface area contributed by atoms with Crippen LogP contribution in [0.4, 0.5) is 17.1 Å². The monoisotopic (exact) mass is 745 g/mol. The van der Waals surface area contributed by atoms with E-state index in [0.29, 0.717) is 0 Å². The van der Waals surface area contributed by atoms with Crippen LogP contribution in [-0.4, -0.2) is 0 Å². The molecule has 0 saturated heterocycles. The Kier molecular flexibility index (Phi) is 8.46. The minimum atomic E-state index is -0.312. The standard InChI is InChI=1S/C57H47N/c1-56(2,3)43-34-41-35-44(36-43)57(4,5)42-32-33-50(51-29-17-23-40-22-16-27-47(41)55(40)51)54(37-42)58(52-30-13-11-25-46(52)39-18-7-6-8-19-39)53-31-14-12-26-49(53)48-28-15-21-38-20-9-10-24-45(38)48/h6-37H,1-5H3. The number of para-hydroxylation sites is 2. The molecule has 58 heavy (non-hydrogen) atoms. The second-order valence-electron chi connectivity index (χ2n) is 17.4. The Balaban J connectivity index is 1.36. The topological polar surface area (TPSA) is 3.24 Å². The van der Waals surface area contributed by atoms with E-state index in [0.717, 1.165) is 17.1 Å². The second kappa shape index (κ2) is 13.7. The number of fused-ring (bicyclic) bond motifs is 3. The molecule has 2 aliphatic rings. The number of hydrogen-bond donors (Lipinski definition) is 0. The highest BCUT2D eigenvalue weighted by Gasteiger charge is 2.31.